The fraction of sp³-hybridized carbons (Fsp3) is 0.385. The number of carbonyl (C=O) groups is 1. The Labute approximate surface area is 111 Å². The smallest absolute Gasteiger partial charge is 0.304 e. The Bertz CT molecular complexity index is 593. The Morgan fingerprint density at radius 3 is 3.00 bits per heavy atom. The molecule has 6 nitrogen and oxygen atoms in total. The molecular formula is C13H18N4O2. The molecule has 0 aliphatic rings. The fourth-order valence-corrected chi connectivity index (χ4v) is 2.11. The first-order valence-electron chi connectivity index (χ1n) is 6.07. The largest absolute Gasteiger partial charge is 0.481 e. The molecule has 6 heteroatoms. The van der Waals surface area contributed by atoms with Crippen LogP contribution in [0.25, 0.3) is 11.0 Å². The molecule has 102 valence electrons. The third-order valence-electron chi connectivity index (χ3n) is 3.09. The quantitative estimate of drug-likeness (QED) is 0.833. The maximum absolute atomic E-state index is 10.6. The normalized spacial score (nSPS) is 12.6. The van der Waals surface area contributed by atoms with Crippen molar-refractivity contribution < 1.29 is 9.90 Å². The van der Waals surface area contributed by atoms with Gasteiger partial charge in [0.2, 0.25) is 0 Å². The molecule has 3 N–H and O–H groups in total. The predicted octanol–water partition coefficient (Wildman–Crippen LogP) is 0.811. The highest BCUT2D eigenvalue weighted by molar-refractivity contribution is 5.79. The van der Waals surface area contributed by atoms with Crippen LogP contribution >= 0.6 is 0 Å². The number of benzene rings is 1. The highest BCUT2D eigenvalue weighted by atomic mass is 16.4. The summed E-state index contributed by atoms with van der Waals surface area (Å²) < 4.78 is 1.95. The van der Waals surface area contributed by atoms with Gasteiger partial charge >= 0.3 is 5.97 Å². The average Bonchev–Trinajstić information content (AvgIpc) is 2.69. The molecule has 1 atom stereocenters. The SMILES string of the molecule is CN(CC(N)CC(=O)O)c1ccc2c(c1)ncn2C. The van der Waals surface area contributed by atoms with Gasteiger partial charge in [-0.15, -0.1) is 0 Å². The molecule has 0 saturated carbocycles. The van der Waals surface area contributed by atoms with Gasteiger partial charge in [0, 0.05) is 32.4 Å². The Morgan fingerprint density at radius 1 is 1.58 bits per heavy atom. The number of nitrogens with zero attached hydrogens (tertiary/aromatic N) is 3. The highest BCUT2D eigenvalue weighted by Gasteiger charge is 2.12. The maximum atomic E-state index is 10.6. The summed E-state index contributed by atoms with van der Waals surface area (Å²) in [6.45, 7) is 0.491. The van der Waals surface area contributed by atoms with E-state index in [9.17, 15) is 4.79 Å². The minimum Gasteiger partial charge on any atom is -0.481 e. The Morgan fingerprint density at radius 2 is 2.32 bits per heavy atom. The predicted molar refractivity (Wildman–Crippen MR) is 74.2 cm³/mol. The van der Waals surface area contributed by atoms with Crippen molar-refractivity contribution in [3.8, 4) is 0 Å². The molecule has 0 amide bonds. The van der Waals surface area contributed by atoms with E-state index in [1.54, 1.807) is 6.33 Å². The summed E-state index contributed by atoms with van der Waals surface area (Å²) in [7, 11) is 3.84. The molecule has 0 fully saturated rings. The van der Waals surface area contributed by atoms with Crippen molar-refractivity contribution in [2.75, 3.05) is 18.5 Å². The van der Waals surface area contributed by atoms with Crippen molar-refractivity contribution in [3.05, 3.63) is 24.5 Å². The summed E-state index contributed by atoms with van der Waals surface area (Å²) in [5, 5.41) is 8.70. The second-order valence-electron chi connectivity index (χ2n) is 4.77. The van der Waals surface area contributed by atoms with Crippen LogP contribution in [-0.2, 0) is 11.8 Å². The van der Waals surface area contributed by atoms with E-state index in [2.05, 4.69) is 4.98 Å². The molecule has 0 aliphatic heterocycles. The lowest BCUT2D eigenvalue weighted by Crippen LogP contribution is -2.36. The van der Waals surface area contributed by atoms with E-state index >= 15 is 0 Å². The van der Waals surface area contributed by atoms with Crippen LogP contribution in [0.4, 0.5) is 5.69 Å². The van der Waals surface area contributed by atoms with E-state index in [4.69, 9.17) is 10.8 Å². The second kappa shape index (κ2) is 5.27. The van der Waals surface area contributed by atoms with Gasteiger partial charge in [0.25, 0.3) is 0 Å². The van der Waals surface area contributed by atoms with Crippen molar-refractivity contribution in [1.82, 2.24) is 9.55 Å². The third-order valence-corrected chi connectivity index (χ3v) is 3.09. The number of rotatable bonds is 5. The van der Waals surface area contributed by atoms with Gasteiger partial charge in [-0.25, -0.2) is 4.98 Å². The minimum atomic E-state index is -0.874. The number of imidazole rings is 1. The minimum absolute atomic E-state index is 0.0316. The van der Waals surface area contributed by atoms with Crippen molar-refractivity contribution in [1.29, 1.82) is 0 Å². The number of hydrogen-bond donors (Lipinski definition) is 2. The molecule has 2 aromatic rings. The Balaban J connectivity index is 2.12. The summed E-state index contributed by atoms with van der Waals surface area (Å²) in [5.74, 6) is -0.874. The molecule has 0 saturated heterocycles. The topological polar surface area (TPSA) is 84.4 Å². The number of nitrogens with two attached hydrogens (primary N) is 1. The second-order valence-corrected chi connectivity index (χ2v) is 4.77. The molecule has 1 aromatic heterocycles. The van der Waals surface area contributed by atoms with Gasteiger partial charge in [-0.2, -0.15) is 0 Å². The number of likely N-dealkylation sites (N-methyl/N-ethyl adjacent to an activating group) is 1. The number of aliphatic carboxylic acids is 1. The number of fused-ring (bicyclic) bond motifs is 1. The molecule has 1 unspecified atom stereocenters. The molecule has 19 heavy (non-hydrogen) atoms. The van der Waals surface area contributed by atoms with E-state index in [0.29, 0.717) is 6.54 Å². The van der Waals surface area contributed by atoms with Crippen LogP contribution in [0.5, 0.6) is 0 Å². The first-order chi connectivity index (χ1) is 8.97. The van der Waals surface area contributed by atoms with E-state index < -0.39 is 5.97 Å². The Hall–Kier alpha value is -2.08. The number of hydrogen-bond acceptors (Lipinski definition) is 4. The zero-order valence-electron chi connectivity index (χ0n) is 11.1. The third kappa shape index (κ3) is 3.03. The standard InChI is InChI=1S/C13H18N4O2/c1-16(7-9(14)5-13(18)19)10-3-4-12-11(6-10)15-8-17(12)2/h3-4,6,8-9H,5,7,14H2,1-2H3,(H,18,19). The first-order valence-corrected chi connectivity index (χ1v) is 6.07. The van der Waals surface area contributed by atoms with Gasteiger partial charge in [-0.1, -0.05) is 0 Å². The first kappa shape index (κ1) is 13.4. The van der Waals surface area contributed by atoms with Gasteiger partial charge < -0.3 is 20.3 Å². The molecule has 1 heterocycles. The Kier molecular flexibility index (Phi) is 3.71. The van der Waals surface area contributed by atoms with Gasteiger partial charge in [0.1, 0.15) is 0 Å². The average molecular weight is 262 g/mol. The summed E-state index contributed by atoms with van der Waals surface area (Å²) in [5.41, 5.74) is 8.74. The zero-order valence-corrected chi connectivity index (χ0v) is 11.1. The molecule has 2 rings (SSSR count). The maximum Gasteiger partial charge on any atom is 0.304 e. The number of carboxylic acid groups (broad SMARTS) is 1. The lowest BCUT2D eigenvalue weighted by atomic mass is 10.2. The molecule has 0 aliphatic carbocycles. The molecular weight excluding hydrogens is 244 g/mol. The van der Waals surface area contributed by atoms with Crippen molar-refractivity contribution in [2.45, 2.75) is 12.5 Å². The van der Waals surface area contributed by atoms with E-state index in [0.717, 1.165) is 16.7 Å². The molecule has 0 bridgehead atoms. The van der Waals surface area contributed by atoms with Gasteiger partial charge in [-0.05, 0) is 18.2 Å². The molecule has 0 radical (unpaired) electrons. The highest BCUT2D eigenvalue weighted by Crippen LogP contribution is 2.20. The summed E-state index contributed by atoms with van der Waals surface area (Å²) in [4.78, 5) is 16.8. The van der Waals surface area contributed by atoms with Crippen LogP contribution in [0.3, 0.4) is 0 Å². The van der Waals surface area contributed by atoms with E-state index in [1.807, 2.05) is 41.8 Å². The van der Waals surface area contributed by atoms with Gasteiger partial charge in [0.05, 0.1) is 23.8 Å². The molecule has 0 spiro atoms. The van der Waals surface area contributed by atoms with Crippen LogP contribution in [-0.4, -0.2) is 40.3 Å². The molecule has 1 aromatic carbocycles. The fourth-order valence-electron chi connectivity index (χ4n) is 2.11. The number of anilines is 1. The van der Waals surface area contributed by atoms with Crippen LogP contribution in [0.2, 0.25) is 0 Å². The van der Waals surface area contributed by atoms with Crippen molar-refractivity contribution in [3.63, 3.8) is 0 Å². The summed E-state index contributed by atoms with van der Waals surface area (Å²) in [6.07, 6.45) is 1.74. The lowest BCUT2D eigenvalue weighted by molar-refractivity contribution is -0.137. The van der Waals surface area contributed by atoms with Gasteiger partial charge in [0.15, 0.2) is 0 Å². The van der Waals surface area contributed by atoms with Gasteiger partial charge in [-0.3, -0.25) is 4.79 Å². The lowest BCUT2D eigenvalue weighted by Gasteiger charge is -2.22. The summed E-state index contributed by atoms with van der Waals surface area (Å²) >= 11 is 0. The monoisotopic (exact) mass is 262 g/mol. The van der Waals surface area contributed by atoms with Crippen LogP contribution < -0.4 is 10.6 Å². The number of carboxylic acids is 1. The van der Waals surface area contributed by atoms with Crippen LogP contribution in [0.15, 0.2) is 24.5 Å². The van der Waals surface area contributed by atoms with Crippen molar-refractivity contribution >= 4 is 22.7 Å². The van der Waals surface area contributed by atoms with E-state index in [-0.39, 0.29) is 12.5 Å². The van der Waals surface area contributed by atoms with E-state index in [1.165, 1.54) is 0 Å². The van der Waals surface area contributed by atoms with Crippen LogP contribution in [0, 0.1) is 0 Å². The zero-order chi connectivity index (χ0) is 14.0. The van der Waals surface area contributed by atoms with Crippen molar-refractivity contribution in [2.24, 2.45) is 12.8 Å². The number of aryl methyl sites for hydroxylation is 1. The number of aromatic nitrogens is 2. The van der Waals surface area contributed by atoms with Crippen LogP contribution in [0.1, 0.15) is 6.42 Å². The summed E-state index contributed by atoms with van der Waals surface area (Å²) in [6, 6.07) is 5.57.